The topological polar surface area (TPSA) is 60.0 Å². The maximum atomic E-state index is 10.8. The smallest absolute Gasteiger partial charge is 0.269 e. The van der Waals surface area contributed by atoms with Gasteiger partial charge in [0.25, 0.3) is 5.69 Å². The lowest BCUT2D eigenvalue weighted by atomic mass is 10.1. The Bertz CT molecular complexity index is 748. The summed E-state index contributed by atoms with van der Waals surface area (Å²) in [5, 5.41) is 10.8. The highest BCUT2D eigenvalue weighted by Crippen LogP contribution is 2.19. The van der Waals surface area contributed by atoms with Crippen molar-refractivity contribution in [1.29, 1.82) is 0 Å². The van der Waals surface area contributed by atoms with Gasteiger partial charge >= 0.3 is 0 Å². The zero-order valence-electron chi connectivity index (χ0n) is 16.1. The molecule has 1 heterocycles. The predicted molar refractivity (Wildman–Crippen MR) is 107 cm³/mol. The number of ether oxygens (including phenoxy) is 1. The number of aryl methyl sites for hydroxylation is 2. The number of nitrogens with zero attached hydrogens (tertiary/aromatic N) is 2. The van der Waals surface area contributed by atoms with E-state index < -0.39 is 0 Å². The molecule has 1 N–H and O–H groups in total. The van der Waals surface area contributed by atoms with Gasteiger partial charge < -0.3 is 14.5 Å². The van der Waals surface area contributed by atoms with Gasteiger partial charge in [0, 0.05) is 24.2 Å². The molecule has 0 radical (unpaired) electrons. The summed E-state index contributed by atoms with van der Waals surface area (Å²) in [5.41, 5.74) is 3.68. The van der Waals surface area contributed by atoms with Gasteiger partial charge in [-0.3, -0.25) is 10.1 Å². The van der Waals surface area contributed by atoms with E-state index in [2.05, 4.69) is 36.9 Å². The molecule has 1 saturated heterocycles. The van der Waals surface area contributed by atoms with Crippen LogP contribution in [-0.4, -0.2) is 44.3 Å². The Labute approximate surface area is 160 Å². The van der Waals surface area contributed by atoms with E-state index in [1.165, 1.54) is 11.1 Å². The third kappa shape index (κ3) is 5.44. The molecule has 3 rings (SSSR count). The van der Waals surface area contributed by atoms with Crippen LogP contribution < -0.4 is 14.5 Å². The summed E-state index contributed by atoms with van der Waals surface area (Å²) in [4.78, 5) is 14.3. The van der Waals surface area contributed by atoms with Crippen LogP contribution >= 0.6 is 0 Å². The minimum atomic E-state index is -0.355. The van der Waals surface area contributed by atoms with Gasteiger partial charge in [-0.2, -0.15) is 0 Å². The van der Waals surface area contributed by atoms with Gasteiger partial charge in [0.05, 0.1) is 44.3 Å². The first kappa shape index (κ1) is 19.2. The fourth-order valence-corrected chi connectivity index (χ4v) is 3.64. The molecule has 1 aliphatic rings. The van der Waals surface area contributed by atoms with Gasteiger partial charge in [-0.05, 0) is 49.2 Å². The van der Waals surface area contributed by atoms with Crippen LogP contribution in [0.15, 0.2) is 42.5 Å². The molecule has 0 bridgehead atoms. The highest BCUT2D eigenvalue weighted by molar-refractivity contribution is 5.51. The molecule has 27 heavy (non-hydrogen) atoms. The Kier molecular flexibility index (Phi) is 6.29. The second-order valence-electron chi connectivity index (χ2n) is 7.29. The molecule has 0 atom stereocenters. The summed E-state index contributed by atoms with van der Waals surface area (Å²) < 4.78 is 5.90. The summed E-state index contributed by atoms with van der Waals surface area (Å²) in [6, 6.07) is 13.2. The van der Waals surface area contributed by atoms with Gasteiger partial charge in [-0.25, -0.2) is 0 Å². The zero-order chi connectivity index (χ0) is 19.2. The minimum absolute atomic E-state index is 0.145. The Morgan fingerprint density at radius 3 is 2.30 bits per heavy atom. The van der Waals surface area contributed by atoms with Crippen molar-refractivity contribution in [2.75, 3.05) is 44.2 Å². The number of hydrogen-bond acceptors (Lipinski definition) is 4. The molecule has 0 spiro atoms. The first-order chi connectivity index (χ1) is 13.0. The molecular weight excluding hydrogens is 342 g/mol. The maximum absolute atomic E-state index is 10.8. The lowest BCUT2D eigenvalue weighted by Crippen LogP contribution is -3.14. The van der Waals surface area contributed by atoms with E-state index >= 15 is 0 Å². The number of nitro groups is 1. The molecule has 0 aliphatic carbocycles. The highest BCUT2D eigenvalue weighted by atomic mass is 16.6. The number of benzene rings is 2. The standard InChI is InChI=1S/C21H27N3O3/c1-17-14-18(2)16-21(15-17)27-13-3-8-22-9-11-23(12-10-22)19-4-6-20(7-5-19)24(25)26/h4-7,14-16H,3,8-13H2,1-2H3/p+1. The van der Waals surface area contributed by atoms with Crippen molar-refractivity contribution < 1.29 is 14.6 Å². The van der Waals surface area contributed by atoms with Crippen molar-refractivity contribution >= 4 is 11.4 Å². The summed E-state index contributed by atoms with van der Waals surface area (Å²) in [5.74, 6) is 0.963. The second-order valence-corrected chi connectivity index (χ2v) is 7.29. The third-order valence-corrected chi connectivity index (χ3v) is 5.03. The molecule has 6 nitrogen and oxygen atoms in total. The minimum Gasteiger partial charge on any atom is -0.493 e. The van der Waals surface area contributed by atoms with Gasteiger partial charge in [0.1, 0.15) is 5.75 Å². The van der Waals surface area contributed by atoms with E-state index in [4.69, 9.17) is 4.74 Å². The number of quaternary nitrogens is 1. The fraction of sp³-hybridized carbons (Fsp3) is 0.429. The van der Waals surface area contributed by atoms with Crippen LogP contribution in [0.5, 0.6) is 5.75 Å². The Morgan fingerprint density at radius 2 is 1.70 bits per heavy atom. The molecule has 144 valence electrons. The number of piperazine rings is 1. The maximum Gasteiger partial charge on any atom is 0.269 e. The van der Waals surface area contributed by atoms with Gasteiger partial charge in [0.2, 0.25) is 0 Å². The van der Waals surface area contributed by atoms with Crippen LogP contribution in [0, 0.1) is 24.0 Å². The number of nitrogens with one attached hydrogen (secondary N) is 1. The van der Waals surface area contributed by atoms with E-state index in [1.807, 2.05) is 12.1 Å². The van der Waals surface area contributed by atoms with Crippen molar-refractivity contribution in [3.63, 3.8) is 0 Å². The molecule has 0 amide bonds. The Hall–Kier alpha value is -2.60. The first-order valence-electron chi connectivity index (χ1n) is 9.55. The molecule has 0 aromatic heterocycles. The van der Waals surface area contributed by atoms with Crippen LogP contribution in [0.1, 0.15) is 17.5 Å². The first-order valence-corrected chi connectivity index (χ1v) is 9.55. The summed E-state index contributed by atoms with van der Waals surface area (Å²) >= 11 is 0. The molecule has 1 fully saturated rings. The van der Waals surface area contributed by atoms with E-state index in [0.717, 1.165) is 57.2 Å². The number of anilines is 1. The predicted octanol–water partition coefficient (Wildman–Crippen LogP) is 2.39. The molecule has 2 aromatic rings. The number of nitro benzene ring substituents is 1. The van der Waals surface area contributed by atoms with Crippen LogP contribution in [-0.2, 0) is 0 Å². The number of hydrogen-bond donors (Lipinski definition) is 1. The van der Waals surface area contributed by atoms with E-state index in [1.54, 1.807) is 17.0 Å². The van der Waals surface area contributed by atoms with Crippen molar-refractivity contribution in [1.82, 2.24) is 0 Å². The Morgan fingerprint density at radius 1 is 1.07 bits per heavy atom. The highest BCUT2D eigenvalue weighted by Gasteiger charge is 2.20. The third-order valence-electron chi connectivity index (χ3n) is 5.03. The van der Waals surface area contributed by atoms with Gasteiger partial charge in [-0.1, -0.05) is 6.07 Å². The van der Waals surface area contributed by atoms with E-state index in [-0.39, 0.29) is 10.6 Å². The lowest BCUT2D eigenvalue weighted by molar-refractivity contribution is -0.900. The van der Waals surface area contributed by atoms with Crippen LogP contribution in [0.25, 0.3) is 0 Å². The quantitative estimate of drug-likeness (QED) is 0.462. The van der Waals surface area contributed by atoms with Crippen molar-refractivity contribution in [3.8, 4) is 5.75 Å². The zero-order valence-corrected chi connectivity index (χ0v) is 16.1. The molecule has 0 unspecified atom stereocenters. The van der Waals surface area contributed by atoms with Crippen molar-refractivity contribution in [2.24, 2.45) is 0 Å². The van der Waals surface area contributed by atoms with Crippen molar-refractivity contribution in [2.45, 2.75) is 20.3 Å². The van der Waals surface area contributed by atoms with Gasteiger partial charge in [0.15, 0.2) is 0 Å². The molecular formula is C21H28N3O3+. The van der Waals surface area contributed by atoms with E-state index in [9.17, 15) is 10.1 Å². The average Bonchev–Trinajstić information content (AvgIpc) is 2.65. The van der Waals surface area contributed by atoms with Crippen LogP contribution in [0.2, 0.25) is 0 Å². The lowest BCUT2D eigenvalue weighted by Gasteiger charge is -2.33. The summed E-state index contributed by atoms with van der Waals surface area (Å²) in [6.45, 7) is 10.2. The molecule has 1 aliphatic heterocycles. The normalized spacial score (nSPS) is 15.0. The SMILES string of the molecule is Cc1cc(C)cc(OCCC[NH+]2CCN(c3ccc([N+](=O)[O-])cc3)CC2)c1. The summed E-state index contributed by atoms with van der Waals surface area (Å²) in [7, 11) is 0. The van der Waals surface area contributed by atoms with Crippen LogP contribution in [0.3, 0.4) is 0 Å². The molecule has 6 heteroatoms. The Balaban J connectivity index is 1.38. The van der Waals surface area contributed by atoms with Crippen molar-refractivity contribution in [3.05, 3.63) is 63.7 Å². The molecule has 0 saturated carbocycles. The fourth-order valence-electron chi connectivity index (χ4n) is 3.64. The molecule has 2 aromatic carbocycles. The second kappa shape index (κ2) is 8.86. The van der Waals surface area contributed by atoms with Gasteiger partial charge in [-0.15, -0.1) is 0 Å². The van der Waals surface area contributed by atoms with Crippen LogP contribution in [0.4, 0.5) is 11.4 Å². The monoisotopic (exact) mass is 370 g/mol. The average molecular weight is 370 g/mol. The number of rotatable bonds is 7. The van der Waals surface area contributed by atoms with E-state index in [0.29, 0.717) is 0 Å². The largest absolute Gasteiger partial charge is 0.493 e. The number of non-ortho nitro benzene ring substituents is 1. The summed E-state index contributed by atoms with van der Waals surface area (Å²) in [6.07, 6.45) is 1.04.